The molecule has 1 aromatic carbocycles. The fourth-order valence-corrected chi connectivity index (χ4v) is 2.36. The summed E-state index contributed by atoms with van der Waals surface area (Å²) >= 11 is 1.26. The maximum atomic E-state index is 11.8. The molecule has 4 nitrogen and oxygen atoms in total. The number of anilines is 2. The SMILES string of the molecule is CCOC(=O)c1c(C)nsc1Nc1ccccc1. The van der Waals surface area contributed by atoms with E-state index < -0.39 is 0 Å². The molecule has 18 heavy (non-hydrogen) atoms. The summed E-state index contributed by atoms with van der Waals surface area (Å²) in [7, 11) is 0. The third-order valence-electron chi connectivity index (χ3n) is 2.37. The highest BCUT2D eigenvalue weighted by molar-refractivity contribution is 7.10. The minimum atomic E-state index is -0.331. The van der Waals surface area contributed by atoms with E-state index in [1.165, 1.54) is 11.5 Å². The number of aromatic nitrogens is 1. The molecule has 0 saturated heterocycles. The van der Waals surface area contributed by atoms with Gasteiger partial charge in [0.25, 0.3) is 0 Å². The molecule has 2 rings (SSSR count). The Morgan fingerprint density at radius 1 is 1.39 bits per heavy atom. The quantitative estimate of drug-likeness (QED) is 0.858. The fourth-order valence-electron chi connectivity index (χ4n) is 1.55. The van der Waals surface area contributed by atoms with Gasteiger partial charge in [0.05, 0.1) is 12.3 Å². The van der Waals surface area contributed by atoms with Gasteiger partial charge in [-0.2, -0.15) is 4.37 Å². The van der Waals surface area contributed by atoms with Crippen molar-refractivity contribution < 1.29 is 9.53 Å². The average molecular weight is 262 g/mol. The summed E-state index contributed by atoms with van der Waals surface area (Å²) in [6.07, 6.45) is 0. The second kappa shape index (κ2) is 5.64. The molecule has 94 valence electrons. The Hall–Kier alpha value is -1.88. The predicted octanol–water partition coefficient (Wildman–Crippen LogP) is 3.37. The first kappa shape index (κ1) is 12.6. The molecule has 0 aliphatic heterocycles. The van der Waals surface area contributed by atoms with E-state index in [-0.39, 0.29) is 5.97 Å². The third kappa shape index (κ3) is 2.68. The molecule has 1 aromatic heterocycles. The van der Waals surface area contributed by atoms with Gasteiger partial charge < -0.3 is 10.1 Å². The Bertz CT molecular complexity index is 537. The van der Waals surface area contributed by atoms with Gasteiger partial charge in [-0.15, -0.1) is 0 Å². The molecule has 0 spiro atoms. The summed E-state index contributed by atoms with van der Waals surface area (Å²) in [6, 6.07) is 9.67. The molecule has 5 heteroatoms. The number of esters is 1. The maximum Gasteiger partial charge on any atom is 0.343 e. The highest BCUT2D eigenvalue weighted by Crippen LogP contribution is 2.28. The molecular formula is C13H14N2O2S. The van der Waals surface area contributed by atoms with Crippen LogP contribution < -0.4 is 5.32 Å². The molecular weight excluding hydrogens is 248 g/mol. The monoisotopic (exact) mass is 262 g/mol. The van der Waals surface area contributed by atoms with Crippen LogP contribution in [0.25, 0.3) is 0 Å². The zero-order valence-corrected chi connectivity index (χ0v) is 11.1. The van der Waals surface area contributed by atoms with E-state index >= 15 is 0 Å². The van der Waals surface area contributed by atoms with Crippen molar-refractivity contribution in [1.29, 1.82) is 0 Å². The van der Waals surface area contributed by atoms with Gasteiger partial charge >= 0.3 is 5.97 Å². The molecule has 1 N–H and O–H groups in total. The molecule has 0 radical (unpaired) electrons. The van der Waals surface area contributed by atoms with Crippen LogP contribution in [-0.2, 0) is 4.74 Å². The first-order valence-electron chi connectivity index (χ1n) is 5.68. The average Bonchev–Trinajstić information content (AvgIpc) is 2.72. The van der Waals surface area contributed by atoms with Crippen LogP contribution >= 0.6 is 11.5 Å². The van der Waals surface area contributed by atoms with Crippen LogP contribution in [0.1, 0.15) is 23.0 Å². The van der Waals surface area contributed by atoms with Gasteiger partial charge in [0.2, 0.25) is 0 Å². The molecule has 1 heterocycles. The highest BCUT2D eigenvalue weighted by Gasteiger charge is 2.19. The van der Waals surface area contributed by atoms with Crippen molar-refractivity contribution in [3.63, 3.8) is 0 Å². The number of aryl methyl sites for hydroxylation is 1. The van der Waals surface area contributed by atoms with E-state index in [4.69, 9.17) is 4.74 Å². The second-order valence-electron chi connectivity index (χ2n) is 3.68. The Morgan fingerprint density at radius 2 is 2.11 bits per heavy atom. The molecule has 0 unspecified atom stereocenters. The van der Waals surface area contributed by atoms with Gasteiger partial charge in [0, 0.05) is 5.69 Å². The van der Waals surface area contributed by atoms with Crippen molar-refractivity contribution in [2.75, 3.05) is 11.9 Å². The van der Waals surface area contributed by atoms with Crippen molar-refractivity contribution in [3.8, 4) is 0 Å². The minimum absolute atomic E-state index is 0.331. The van der Waals surface area contributed by atoms with Crippen LogP contribution in [0.15, 0.2) is 30.3 Å². The van der Waals surface area contributed by atoms with E-state index in [2.05, 4.69) is 9.69 Å². The lowest BCUT2D eigenvalue weighted by molar-refractivity contribution is 0.0527. The Morgan fingerprint density at radius 3 is 2.78 bits per heavy atom. The number of nitrogens with one attached hydrogen (secondary N) is 1. The number of hydrogen-bond acceptors (Lipinski definition) is 5. The standard InChI is InChI=1S/C13H14N2O2S/c1-3-17-13(16)11-9(2)15-18-12(11)14-10-7-5-4-6-8-10/h4-8,14H,3H2,1-2H3. The van der Waals surface area contributed by atoms with Crippen LogP contribution in [0, 0.1) is 6.92 Å². The van der Waals surface area contributed by atoms with Crippen LogP contribution in [0.2, 0.25) is 0 Å². The number of benzene rings is 1. The topological polar surface area (TPSA) is 51.2 Å². The van der Waals surface area contributed by atoms with E-state index in [0.29, 0.717) is 17.9 Å². The molecule has 0 saturated carbocycles. The molecule has 0 bridgehead atoms. The van der Waals surface area contributed by atoms with E-state index in [9.17, 15) is 4.79 Å². The van der Waals surface area contributed by atoms with Gasteiger partial charge in [0.15, 0.2) is 0 Å². The van der Waals surface area contributed by atoms with Crippen molar-refractivity contribution in [2.24, 2.45) is 0 Å². The van der Waals surface area contributed by atoms with Crippen LogP contribution in [-0.4, -0.2) is 16.9 Å². The van der Waals surface area contributed by atoms with Crippen LogP contribution in [0.3, 0.4) is 0 Å². The van der Waals surface area contributed by atoms with E-state index in [0.717, 1.165) is 10.7 Å². The van der Waals surface area contributed by atoms with Gasteiger partial charge in [0.1, 0.15) is 10.6 Å². The predicted molar refractivity (Wildman–Crippen MR) is 72.5 cm³/mol. The summed E-state index contributed by atoms with van der Waals surface area (Å²) in [5.41, 5.74) is 2.13. The zero-order chi connectivity index (χ0) is 13.0. The molecule has 0 fully saturated rings. The van der Waals surface area contributed by atoms with Gasteiger partial charge in [-0.05, 0) is 37.5 Å². The summed E-state index contributed by atoms with van der Waals surface area (Å²) < 4.78 is 9.23. The summed E-state index contributed by atoms with van der Waals surface area (Å²) in [6.45, 7) is 3.95. The molecule has 0 aliphatic carbocycles. The number of para-hydroxylation sites is 1. The fraction of sp³-hybridized carbons (Fsp3) is 0.231. The smallest absolute Gasteiger partial charge is 0.343 e. The molecule has 0 atom stereocenters. The largest absolute Gasteiger partial charge is 0.462 e. The van der Waals surface area contributed by atoms with Gasteiger partial charge in [-0.25, -0.2) is 4.79 Å². The van der Waals surface area contributed by atoms with E-state index in [1.54, 1.807) is 13.8 Å². The first-order chi connectivity index (χ1) is 8.72. The molecule has 0 amide bonds. The number of rotatable bonds is 4. The Kier molecular flexibility index (Phi) is 3.94. The lowest BCUT2D eigenvalue weighted by atomic mass is 10.2. The first-order valence-corrected chi connectivity index (χ1v) is 6.45. The number of hydrogen-bond donors (Lipinski definition) is 1. The summed E-state index contributed by atoms with van der Waals surface area (Å²) in [5.74, 6) is -0.331. The van der Waals surface area contributed by atoms with Gasteiger partial charge in [-0.3, -0.25) is 0 Å². The lowest BCUT2D eigenvalue weighted by Gasteiger charge is -2.06. The van der Waals surface area contributed by atoms with Crippen LogP contribution in [0.4, 0.5) is 10.7 Å². The van der Waals surface area contributed by atoms with Crippen molar-refractivity contribution in [1.82, 2.24) is 4.37 Å². The van der Waals surface area contributed by atoms with Crippen molar-refractivity contribution in [2.45, 2.75) is 13.8 Å². The summed E-state index contributed by atoms with van der Waals surface area (Å²) in [4.78, 5) is 11.8. The Balaban J connectivity index is 2.26. The number of ether oxygens (including phenoxy) is 1. The molecule has 0 aliphatic rings. The lowest BCUT2D eigenvalue weighted by Crippen LogP contribution is -2.07. The van der Waals surface area contributed by atoms with Gasteiger partial charge in [-0.1, -0.05) is 18.2 Å². The van der Waals surface area contributed by atoms with Crippen molar-refractivity contribution in [3.05, 3.63) is 41.6 Å². The maximum absolute atomic E-state index is 11.8. The highest BCUT2D eigenvalue weighted by atomic mass is 32.1. The number of carbonyl (C=O) groups excluding carboxylic acids is 1. The zero-order valence-electron chi connectivity index (χ0n) is 10.3. The number of nitrogens with zero attached hydrogens (tertiary/aromatic N) is 1. The molecule has 2 aromatic rings. The summed E-state index contributed by atoms with van der Waals surface area (Å²) in [5, 5.41) is 3.91. The van der Waals surface area contributed by atoms with Crippen LogP contribution in [0.5, 0.6) is 0 Å². The normalized spacial score (nSPS) is 10.1. The van der Waals surface area contributed by atoms with E-state index in [1.807, 2.05) is 30.3 Å². The number of carbonyl (C=O) groups is 1. The minimum Gasteiger partial charge on any atom is -0.462 e. The Labute approximate surface area is 110 Å². The third-order valence-corrected chi connectivity index (χ3v) is 3.23. The second-order valence-corrected chi connectivity index (χ2v) is 4.46. The van der Waals surface area contributed by atoms with Crippen molar-refractivity contribution >= 4 is 28.2 Å².